The zero-order valence-electron chi connectivity index (χ0n) is 8.20. The summed E-state index contributed by atoms with van der Waals surface area (Å²) in [5.74, 6) is 0.286. The lowest BCUT2D eigenvalue weighted by atomic mass is 10.0. The predicted octanol–water partition coefficient (Wildman–Crippen LogP) is 2.83. The second-order valence-corrected chi connectivity index (χ2v) is 4.06. The van der Waals surface area contributed by atoms with Gasteiger partial charge in [-0.15, -0.1) is 0 Å². The summed E-state index contributed by atoms with van der Waals surface area (Å²) in [7, 11) is 0. The number of fused-ring (bicyclic) bond motifs is 1. The molecule has 0 unspecified atom stereocenters. The van der Waals surface area contributed by atoms with E-state index in [0.29, 0.717) is 11.6 Å². The van der Waals surface area contributed by atoms with E-state index in [1.54, 1.807) is 12.3 Å². The van der Waals surface area contributed by atoms with Crippen LogP contribution in [0.2, 0.25) is 0 Å². The van der Waals surface area contributed by atoms with Crippen LogP contribution in [-0.4, -0.2) is 4.98 Å². The van der Waals surface area contributed by atoms with Gasteiger partial charge in [-0.2, -0.15) is 0 Å². The average molecular weight is 202 g/mol. The number of halogens is 1. The number of pyridine rings is 1. The van der Waals surface area contributed by atoms with Gasteiger partial charge < -0.3 is 5.73 Å². The van der Waals surface area contributed by atoms with Gasteiger partial charge in [-0.3, -0.25) is 4.98 Å². The minimum Gasteiger partial charge on any atom is -0.397 e. The fourth-order valence-electron chi connectivity index (χ4n) is 2.03. The zero-order chi connectivity index (χ0) is 10.4. The maximum atomic E-state index is 13.2. The van der Waals surface area contributed by atoms with E-state index in [4.69, 9.17) is 5.73 Å². The highest BCUT2D eigenvalue weighted by Crippen LogP contribution is 2.45. The lowest BCUT2D eigenvalue weighted by Crippen LogP contribution is -1.96. The minimum atomic E-state index is -0.225. The first-order chi connectivity index (χ1) is 7.25. The fourth-order valence-corrected chi connectivity index (χ4v) is 2.03. The Balaban J connectivity index is 2.36. The van der Waals surface area contributed by atoms with Crippen molar-refractivity contribution in [1.82, 2.24) is 4.98 Å². The van der Waals surface area contributed by atoms with Crippen LogP contribution < -0.4 is 5.73 Å². The van der Waals surface area contributed by atoms with E-state index in [2.05, 4.69) is 4.98 Å². The van der Waals surface area contributed by atoms with Crippen molar-refractivity contribution in [2.45, 2.75) is 18.8 Å². The monoisotopic (exact) mass is 202 g/mol. The highest BCUT2D eigenvalue weighted by molar-refractivity contribution is 5.87. The molecule has 0 spiro atoms. The Bertz CT molecular complexity index is 527. The number of hydrogen-bond donors (Lipinski definition) is 1. The molecule has 0 saturated heterocycles. The van der Waals surface area contributed by atoms with E-state index in [-0.39, 0.29) is 5.82 Å². The third kappa shape index (κ3) is 1.35. The Hall–Kier alpha value is -1.64. The number of nitrogen functional groups attached to an aromatic ring is 1. The molecule has 2 N–H and O–H groups in total. The Morgan fingerprint density at radius 3 is 2.87 bits per heavy atom. The van der Waals surface area contributed by atoms with Crippen molar-refractivity contribution in [3.05, 3.63) is 35.8 Å². The first kappa shape index (κ1) is 8.65. The van der Waals surface area contributed by atoms with Crippen LogP contribution in [0.25, 0.3) is 10.9 Å². The van der Waals surface area contributed by atoms with Gasteiger partial charge in [0.1, 0.15) is 5.82 Å². The summed E-state index contributed by atoms with van der Waals surface area (Å²) in [6, 6.07) is 4.67. The molecule has 0 bridgehead atoms. The van der Waals surface area contributed by atoms with Gasteiger partial charge in [-0.1, -0.05) is 0 Å². The standard InChI is InChI=1S/C12H11FN2/c13-8-3-4-11-9(5-8)12(7-1-2-7)10(14)6-15-11/h3-7H,1-2,14H2. The van der Waals surface area contributed by atoms with Crippen LogP contribution in [-0.2, 0) is 0 Å². The van der Waals surface area contributed by atoms with Gasteiger partial charge >= 0.3 is 0 Å². The van der Waals surface area contributed by atoms with E-state index in [9.17, 15) is 4.39 Å². The Morgan fingerprint density at radius 2 is 2.13 bits per heavy atom. The van der Waals surface area contributed by atoms with E-state index in [0.717, 1.165) is 29.3 Å². The van der Waals surface area contributed by atoms with Crippen molar-refractivity contribution in [2.24, 2.45) is 0 Å². The molecule has 1 aliphatic carbocycles. The number of anilines is 1. The molecule has 1 aromatic heterocycles. The number of hydrogen-bond acceptors (Lipinski definition) is 2. The van der Waals surface area contributed by atoms with Crippen LogP contribution >= 0.6 is 0 Å². The molecule has 2 aromatic rings. The van der Waals surface area contributed by atoms with Gasteiger partial charge in [0.15, 0.2) is 0 Å². The van der Waals surface area contributed by atoms with Crippen molar-refractivity contribution in [2.75, 3.05) is 5.73 Å². The highest BCUT2D eigenvalue weighted by atomic mass is 19.1. The summed E-state index contributed by atoms with van der Waals surface area (Å²) >= 11 is 0. The molecule has 1 fully saturated rings. The van der Waals surface area contributed by atoms with Gasteiger partial charge in [0, 0.05) is 5.39 Å². The first-order valence-electron chi connectivity index (χ1n) is 5.09. The van der Waals surface area contributed by atoms with Crippen molar-refractivity contribution in [3.63, 3.8) is 0 Å². The predicted molar refractivity (Wildman–Crippen MR) is 58.1 cm³/mol. The second kappa shape index (κ2) is 2.92. The number of rotatable bonds is 1. The van der Waals surface area contributed by atoms with Crippen LogP contribution in [0.15, 0.2) is 24.4 Å². The summed E-state index contributed by atoms with van der Waals surface area (Å²) < 4.78 is 13.2. The molecule has 76 valence electrons. The Kier molecular flexibility index (Phi) is 1.69. The van der Waals surface area contributed by atoms with Gasteiger partial charge in [0.05, 0.1) is 17.4 Å². The van der Waals surface area contributed by atoms with Gasteiger partial charge in [-0.25, -0.2) is 4.39 Å². The summed E-state index contributed by atoms with van der Waals surface area (Å²) in [4.78, 5) is 4.20. The minimum absolute atomic E-state index is 0.225. The normalized spacial score (nSPS) is 15.8. The van der Waals surface area contributed by atoms with Crippen LogP contribution in [0.4, 0.5) is 10.1 Å². The summed E-state index contributed by atoms with van der Waals surface area (Å²) in [6.45, 7) is 0. The summed E-state index contributed by atoms with van der Waals surface area (Å²) in [5, 5.41) is 0.873. The number of nitrogens with two attached hydrogens (primary N) is 1. The van der Waals surface area contributed by atoms with E-state index in [1.807, 2.05) is 0 Å². The van der Waals surface area contributed by atoms with E-state index >= 15 is 0 Å². The van der Waals surface area contributed by atoms with Crippen LogP contribution in [0, 0.1) is 5.82 Å². The molecule has 3 rings (SSSR count). The highest BCUT2D eigenvalue weighted by Gasteiger charge is 2.27. The molecular formula is C12H11FN2. The van der Waals surface area contributed by atoms with E-state index in [1.165, 1.54) is 12.1 Å². The third-order valence-electron chi connectivity index (χ3n) is 2.89. The molecule has 0 aliphatic heterocycles. The van der Waals surface area contributed by atoms with Gasteiger partial charge in [0.25, 0.3) is 0 Å². The Morgan fingerprint density at radius 1 is 1.33 bits per heavy atom. The van der Waals surface area contributed by atoms with Crippen LogP contribution in [0.1, 0.15) is 24.3 Å². The zero-order valence-corrected chi connectivity index (χ0v) is 8.20. The summed E-state index contributed by atoms with van der Waals surface area (Å²) in [5.41, 5.74) is 8.49. The second-order valence-electron chi connectivity index (χ2n) is 4.06. The molecule has 1 aliphatic rings. The van der Waals surface area contributed by atoms with Crippen molar-refractivity contribution < 1.29 is 4.39 Å². The lowest BCUT2D eigenvalue weighted by Gasteiger charge is -2.07. The maximum absolute atomic E-state index is 13.2. The molecule has 3 heteroatoms. The van der Waals surface area contributed by atoms with Crippen molar-refractivity contribution >= 4 is 16.6 Å². The average Bonchev–Trinajstić information content (AvgIpc) is 3.01. The van der Waals surface area contributed by atoms with Crippen LogP contribution in [0.3, 0.4) is 0 Å². The molecule has 0 atom stereocenters. The largest absolute Gasteiger partial charge is 0.397 e. The fraction of sp³-hybridized carbons (Fsp3) is 0.250. The van der Waals surface area contributed by atoms with Crippen LogP contribution in [0.5, 0.6) is 0 Å². The Labute approximate surface area is 86.9 Å². The van der Waals surface area contributed by atoms with Gasteiger partial charge in [-0.05, 0) is 42.5 Å². The van der Waals surface area contributed by atoms with E-state index < -0.39 is 0 Å². The topological polar surface area (TPSA) is 38.9 Å². The molecular weight excluding hydrogens is 191 g/mol. The molecule has 1 aromatic carbocycles. The molecule has 1 saturated carbocycles. The SMILES string of the molecule is Nc1cnc2ccc(F)cc2c1C1CC1. The molecule has 1 heterocycles. The molecule has 0 amide bonds. The van der Waals surface area contributed by atoms with Crippen molar-refractivity contribution in [1.29, 1.82) is 0 Å². The third-order valence-corrected chi connectivity index (χ3v) is 2.89. The smallest absolute Gasteiger partial charge is 0.123 e. The number of nitrogens with zero attached hydrogens (tertiary/aromatic N) is 1. The quantitative estimate of drug-likeness (QED) is 0.772. The molecule has 2 nitrogen and oxygen atoms in total. The van der Waals surface area contributed by atoms with Gasteiger partial charge in [0.2, 0.25) is 0 Å². The summed E-state index contributed by atoms with van der Waals surface area (Å²) in [6.07, 6.45) is 3.98. The maximum Gasteiger partial charge on any atom is 0.123 e. The molecule has 15 heavy (non-hydrogen) atoms. The molecule has 0 radical (unpaired) electrons. The number of benzene rings is 1. The first-order valence-corrected chi connectivity index (χ1v) is 5.09. The number of aromatic nitrogens is 1. The lowest BCUT2D eigenvalue weighted by molar-refractivity contribution is 0.629. The van der Waals surface area contributed by atoms with Crippen molar-refractivity contribution in [3.8, 4) is 0 Å².